The number of halogens is 4. The molecule has 0 aliphatic heterocycles. The Balaban J connectivity index is 2.21. The Morgan fingerprint density at radius 3 is 2.45 bits per heavy atom. The normalized spacial score (nSPS) is 13.0. The van der Waals surface area contributed by atoms with Gasteiger partial charge in [0.1, 0.15) is 0 Å². The van der Waals surface area contributed by atoms with Gasteiger partial charge in [0.2, 0.25) is 0 Å². The summed E-state index contributed by atoms with van der Waals surface area (Å²) in [5.41, 5.74) is -0.971. The third kappa shape index (κ3) is 3.59. The van der Waals surface area contributed by atoms with E-state index in [2.05, 4.69) is 10.4 Å². The van der Waals surface area contributed by atoms with Gasteiger partial charge in [-0.1, -0.05) is 23.7 Å². The lowest BCUT2D eigenvalue weighted by atomic mass is 10.1. The molecule has 1 amide bonds. The number of carbonyl (C=O) groups excluding carboxylic acids is 1. The number of amides is 1. The number of rotatable bonds is 3. The van der Waals surface area contributed by atoms with Gasteiger partial charge in [-0.05, 0) is 24.6 Å². The summed E-state index contributed by atoms with van der Waals surface area (Å²) in [5.74, 6) is -0.831. The molecule has 1 aromatic heterocycles. The first-order chi connectivity index (χ1) is 10.2. The SMILES string of the molecule is C[C@H](NC(=O)c1cn(C)nc1C(F)(F)F)c1ccc(Cl)cc1. The Morgan fingerprint density at radius 1 is 1.32 bits per heavy atom. The van der Waals surface area contributed by atoms with Crippen LogP contribution in [-0.2, 0) is 13.2 Å². The van der Waals surface area contributed by atoms with Crippen LogP contribution < -0.4 is 5.32 Å². The number of aromatic nitrogens is 2. The maximum Gasteiger partial charge on any atom is 0.435 e. The zero-order valence-electron chi connectivity index (χ0n) is 11.8. The van der Waals surface area contributed by atoms with E-state index in [-0.39, 0.29) is 0 Å². The van der Waals surface area contributed by atoms with E-state index in [0.29, 0.717) is 5.02 Å². The van der Waals surface area contributed by atoms with E-state index in [1.54, 1.807) is 31.2 Å². The van der Waals surface area contributed by atoms with E-state index in [1.807, 2.05) is 0 Å². The van der Waals surface area contributed by atoms with Gasteiger partial charge in [0.25, 0.3) is 5.91 Å². The Bertz CT molecular complexity index is 680. The smallest absolute Gasteiger partial charge is 0.345 e. The summed E-state index contributed by atoms with van der Waals surface area (Å²) in [5, 5.41) is 6.37. The summed E-state index contributed by atoms with van der Waals surface area (Å²) in [6, 6.07) is 6.21. The number of hydrogen-bond acceptors (Lipinski definition) is 2. The lowest BCUT2D eigenvalue weighted by Crippen LogP contribution is -2.28. The van der Waals surface area contributed by atoms with Crippen LogP contribution in [0, 0.1) is 0 Å². The molecule has 4 nitrogen and oxygen atoms in total. The van der Waals surface area contributed by atoms with Gasteiger partial charge in [-0.25, -0.2) is 0 Å². The first-order valence-corrected chi connectivity index (χ1v) is 6.73. The molecule has 0 radical (unpaired) electrons. The van der Waals surface area contributed by atoms with Gasteiger partial charge >= 0.3 is 6.18 Å². The molecule has 0 aliphatic carbocycles. The van der Waals surface area contributed by atoms with Crippen molar-refractivity contribution in [2.45, 2.75) is 19.1 Å². The Hall–Kier alpha value is -2.02. The molecule has 1 heterocycles. The molecule has 2 rings (SSSR count). The van der Waals surface area contributed by atoms with Crippen molar-refractivity contribution in [3.63, 3.8) is 0 Å². The highest BCUT2D eigenvalue weighted by Gasteiger charge is 2.39. The molecular formula is C14H13ClF3N3O. The van der Waals surface area contributed by atoms with E-state index in [4.69, 9.17) is 11.6 Å². The monoisotopic (exact) mass is 331 g/mol. The van der Waals surface area contributed by atoms with Crippen LogP contribution in [0.4, 0.5) is 13.2 Å². The van der Waals surface area contributed by atoms with E-state index >= 15 is 0 Å². The van der Waals surface area contributed by atoms with Crippen molar-refractivity contribution in [1.29, 1.82) is 0 Å². The molecule has 2 aromatic rings. The average Bonchev–Trinajstić information content (AvgIpc) is 2.81. The van der Waals surface area contributed by atoms with Crippen molar-refractivity contribution in [3.05, 3.63) is 52.3 Å². The van der Waals surface area contributed by atoms with Gasteiger partial charge in [-0.15, -0.1) is 0 Å². The van der Waals surface area contributed by atoms with Crippen LogP contribution in [0.3, 0.4) is 0 Å². The van der Waals surface area contributed by atoms with Gasteiger partial charge in [-0.3, -0.25) is 9.48 Å². The van der Waals surface area contributed by atoms with Crippen molar-refractivity contribution in [1.82, 2.24) is 15.1 Å². The Labute approximate surface area is 129 Å². The maximum absolute atomic E-state index is 12.9. The fourth-order valence-corrected chi connectivity index (χ4v) is 2.10. The third-order valence-electron chi connectivity index (χ3n) is 3.06. The molecule has 0 saturated heterocycles. The third-order valence-corrected chi connectivity index (χ3v) is 3.31. The number of nitrogens with one attached hydrogen (secondary N) is 1. The van der Waals surface area contributed by atoms with Crippen LogP contribution in [0.2, 0.25) is 5.02 Å². The Kier molecular flexibility index (Phi) is 4.46. The first kappa shape index (κ1) is 16.4. The van der Waals surface area contributed by atoms with Crippen molar-refractivity contribution < 1.29 is 18.0 Å². The lowest BCUT2D eigenvalue weighted by molar-refractivity contribution is -0.141. The number of aryl methyl sites for hydroxylation is 1. The van der Waals surface area contributed by atoms with Gasteiger partial charge in [-0.2, -0.15) is 18.3 Å². The van der Waals surface area contributed by atoms with Crippen molar-refractivity contribution >= 4 is 17.5 Å². The molecule has 1 aromatic carbocycles. The van der Waals surface area contributed by atoms with E-state index in [9.17, 15) is 18.0 Å². The maximum atomic E-state index is 12.9. The summed E-state index contributed by atoms with van der Waals surface area (Å²) in [4.78, 5) is 12.1. The molecular weight excluding hydrogens is 319 g/mol. The van der Waals surface area contributed by atoms with Crippen molar-refractivity contribution in [2.75, 3.05) is 0 Å². The summed E-state index contributed by atoms with van der Waals surface area (Å²) < 4.78 is 39.5. The van der Waals surface area contributed by atoms with Crippen LogP contribution in [0.25, 0.3) is 0 Å². The molecule has 118 valence electrons. The molecule has 1 atom stereocenters. The zero-order valence-corrected chi connectivity index (χ0v) is 12.5. The molecule has 0 saturated carbocycles. The van der Waals surface area contributed by atoms with Crippen LogP contribution in [0.15, 0.2) is 30.5 Å². The molecule has 8 heteroatoms. The fourth-order valence-electron chi connectivity index (χ4n) is 1.97. The summed E-state index contributed by atoms with van der Waals surface area (Å²) >= 11 is 5.77. The van der Waals surface area contributed by atoms with Gasteiger partial charge in [0.15, 0.2) is 5.69 Å². The molecule has 0 aliphatic rings. The van der Waals surface area contributed by atoms with Gasteiger partial charge < -0.3 is 5.32 Å². The second kappa shape index (κ2) is 6.00. The highest BCUT2D eigenvalue weighted by atomic mass is 35.5. The summed E-state index contributed by atoms with van der Waals surface area (Å²) in [6.07, 6.45) is -3.63. The lowest BCUT2D eigenvalue weighted by Gasteiger charge is -2.14. The predicted octanol–water partition coefficient (Wildman–Crippen LogP) is 3.58. The summed E-state index contributed by atoms with van der Waals surface area (Å²) in [7, 11) is 1.33. The Morgan fingerprint density at radius 2 is 1.91 bits per heavy atom. The van der Waals surface area contributed by atoms with E-state index in [1.165, 1.54) is 7.05 Å². The topological polar surface area (TPSA) is 46.9 Å². The first-order valence-electron chi connectivity index (χ1n) is 6.35. The highest BCUT2D eigenvalue weighted by molar-refractivity contribution is 6.30. The molecule has 0 spiro atoms. The standard InChI is InChI=1S/C14H13ClF3N3O/c1-8(9-3-5-10(15)6-4-9)19-13(22)11-7-21(2)20-12(11)14(16,17)18/h3-8H,1-2H3,(H,19,22)/t8-/m0/s1. The number of alkyl halides is 3. The van der Waals surface area contributed by atoms with E-state index in [0.717, 1.165) is 16.4 Å². The van der Waals surface area contributed by atoms with Crippen LogP contribution in [-0.4, -0.2) is 15.7 Å². The molecule has 22 heavy (non-hydrogen) atoms. The zero-order chi connectivity index (χ0) is 16.5. The van der Waals surface area contributed by atoms with Crippen LogP contribution >= 0.6 is 11.6 Å². The van der Waals surface area contributed by atoms with Gasteiger partial charge in [0.05, 0.1) is 11.6 Å². The minimum absolute atomic E-state index is 0.467. The largest absolute Gasteiger partial charge is 0.435 e. The number of benzene rings is 1. The minimum atomic E-state index is -4.68. The minimum Gasteiger partial charge on any atom is -0.345 e. The molecule has 0 bridgehead atoms. The van der Waals surface area contributed by atoms with Crippen molar-refractivity contribution in [3.8, 4) is 0 Å². The predicted molar refractivity (Wildman–Crippen MR) is 75.5 cm³/mol. The van der Waals surface area contributed by atoms with Crippen LogP contribution in [0.5, 0.6) is 0 Å². The average molecular weight is 332 g/mol. The summed E-state index contributed by atoms with van der Waals surface area (Å²) in [6.45, 7) is 1.67. The van der Waals surface area contributed by atoms with Crippen LogP contribution in [0.1, 0.15) is 34.6 Å². The highest BCUT2D eigenvalue weighted by Crippen LogP contribution is 2.30. The van der Waals surface area contributed by atoms with E-state index < -0.39 is 29.4 Å². The number of nitrogens with zero attached hydrogens (tertiary/aromatic N) is 2. The fraction of sp³-hybridized carbons (Fsp3) is 0.286. The molecule has 0 fully saturated rings. The quantitative estimate of drug-likeness (QED) is 0.934. The van der Waals surface area contributed by atoms with Crippen molar-refractivity contribution in [2.24, 2.45) is 7.05 Å². The second-order valence-electron chi connectivity index (χ2n) is 4.81. The number of carbonyl (C=O) groups is 1. The molecule has 1 N–H and O–H groups in total. The van der Waals surface area contributed by atoms with Gasteiger partial charge in [0, 0.05) is 18.3 Å². The molecule has 0 unspecified atom stereocenters. The second-order valence-corrected chi connectivity index (χ2v) is 5.25. The number of hydrogen-bond donors (Lipinski definition) is 1.